The Kier molecular flexibility index (Phi) is 4.57. The van der Waals surface area contributed by atoms with Gasteiger partial charge in [-0.05, 0) is 38.0 Å². The summed E-state index contributed by atoms with van der Waals surface area (Å²) in [6.07, 6.45) is 4.55. The Labute approximate surface area is 119 Å². The number of rotatable bonds is 1. The van der Waals surface area contributed by atoms with Gasteiger partial charge in [-0.2, -0.15) is 0 Å². The molecule has 1 aromatic carbocycles. The molecule has 0 saturated carbocycles. The summed E-state index contributed by atoms with van der Waals surface area (Å²) in [7, 11) is 0. The molecule has 1 amide bonds. The van der Waals surface area contributed by atoms with Crippen molar-refractivity contribution in [2.24, 2.45) is 0 Å². The van der Waals surface area contributed by atoms with E-state index in [4.69, 9.17) is 11.6 Å². The van der Waals surface area contributed by atoms with E-state index in [0.29, 0.717) is 16.6 Å². The topological polar surface area (TPSA) is 20.3 Å². The van der Waals surface area contributed by atoms with Crippen molar-refractivity contribution in [1.82, 2.24) is 4.90 Å². The standard InChI is InChI=1S/C14H18ClNOS/c1-10-5-3-2-4-8-16(10)14(17)12-9-11(18)6-7-13(12)15/h6-7,9-10,18H,2-5,8H2,1H3. The number of hydrogen-bond acceptors (Lipinski definition) is 2. The second-order valence-corrected chi connectivity index (χ2v) is 5.78. The molecule has 0 N–H and O–H groups in total. The molecule has 1 atom stereocenters. The molecule has 98 valence electrons. The zero-order valence-electron chi connectivity index (χ0n) is 10.5. The summed E-state index contributed by atoms with van der Waals surface area (Å²) in [5, 5.41) is 0.509. The van der Waals surface area contributed by atoms with Crippen LogP contribution in [0.25, 0.3) is 0 Å². The zero-order valence-corrected chi connectivity index (χ0v) is 12.2. The van der Waals surface area contributed by atoms with Crippen LogP contribution in [0.3, 0.4) is 0 Å². The number of carbonyl (C=O) groups excluding carboxylic acids is 1. The number of hydrogen-bond donors (Lipinski definition) is 1. The lowest BCUT2D eigenvalue weighted by Gasteiger charge is -2.27. The molecular weight excluding hydrogens is 266 g/mol. The molecule has 0 bridgehead atoms. The minimum atomic E-state index is 0.0327. The minimum absolute atomic E-state index is 0.0327. The Balaban J connectivity index is 2.26. The molecule has 1 saturated heterocycles. The van der Waals surface area contributed by atoms with Crippen molar-refractivity contribution >= 4 is 30.1 Å². The quantitative estimate of drug-likeness (QED) is 0.772. The zero-order chi connectivity index (χ0) is 13.1. The first kappa shape index (κ1) is 13.8. The number of carbonyl (C=O) groups is 1. The molecule has 0 radical (unpaired) electrons. The minimum Gasteiger partial charge on any atom is -0.336 e. The maximum atomic E-state index is 12.5. The molecule has 1 aliphatic rings. The molecule has 1 unspecified atom stereocenters. The van der Waals surface area contributed by atoms with Crippen molar-refractivity contribution in [3.8, 4) is 0 Å². The average Bonchev–Trinajstić information content (AvgIpc) is 2.56. The highest BCUT2D eigenvalue weighted by atomic mass is 35.5. The van der Waals surface area contributed by atoms with Gasteiger partial charge in [0.1, 0.15) is 0 Å². The lowest BCUT2D eigenvalue weighted by molar-refractivity contribution is 0.0698. The van der Waals surface area contributed by atoms with Gasteiger partial charge in [0.15, 0.2) is 0 Å². The number of benzene rings is 1. The van der Waals surface area contributed by atoms with Crippen LogP contribution in [0.1, 0.15) is 43.0 Å². The summed E-state index contributed by atoms with van der Waals surface area (Å²) >= 11 is 10.4. The molecule has 1 aliphatic heterocycles. The Hall–Kier alpha value is -0.670. The lowest BCUT2D eigenvalue weighted by atomic mass is 10.1. The van der Waals surface area contributed by atoms with Crippen molar-refractivity contribution in [1.29, 1.82) is 0 Å². The molecule has 18 heavy (non-hydrogen) atoms. The third-order valence-corrected chi connectivity index (χ3v) is 4.10. The molecule has 0 aromatic heterocycles. The van der Waals surface area contributed by atoms with Crippen LogP contribution in [-0.4, -0.2) is 23.4 Å². The van der Waals surface area contributed by atoms with Gasteiger partial charge < -0.3 is 4.90 Å². The van der Waals surface area contributed by atoms with Gasteiger partial charge in [-0.15, -0.1) is 12.6 Å². The second-order valence-electron chi connectivity index (χ2n) is 4.86. The predicted octanol–water partition coefficient (Wildman–Crippen LogP) is 4.03. The van der Waals surface area contributed by atoms with Crippen LogP contribution in [0.5, 0.6) is 0 Å². The molecule has 0 spiro atoms. The predicted molar refractivity (Wildman–Crippen MR) is 77.7 cm³/mol. The first-order valence-electron chi connectivity index (χ1n) is 6.39. The SMILES string of the molecule is CC1CCCCCN1C(=O)c1cc(S)ccc1Cl. The fourth-order valence-electron chi connectivity index (χ4n) is 2.41. The highest BCUT2D eigenvalue weighted by Crippen LogP contribution is 2.24. The number of likely N-dealkylation sites (tertiary alicyclic amines) is 1. The van der Waals surface area contributed by atoms with Gasteiger partial charge in [0.05, 0.1) is 10.6 Å². The molecule has 4 heteroatoms. The third-order valence-electron chi connectivity index (χ3n) is 3.49. The van der Waals surface area contributed by atoms with Gasteiger partial charge in [0.2, 0.25) is 0 Å². The number of thiol groups is 1. The van der Waals surface area contributed by atoms with Crippen LogP contribution >= 0.6 is 24.2 Å². The average molecular weight is 284 g/mol. The highest BCUT2D eigenvalue weighted by Gasteiger charge is 2.24. The molecule has 2 nitrogen and oxygen atoms in total. The van der Waals surface area contributed by atoms with Crippen LogP contribution in [-0.2, 0) is 0 Å². The van der Waals surface area contributed by atoms with E-state index in [2.05, 4.69) is 19.6 Å². The summed E-state index contributed by atoms with van der Waals surface area (Å²) in [4.78, 5) is 15.3. The van der Waals surface area contributed by atoms with Crippen molar-refractivity contribution < 1.29 is 4.79 Å². The van der Waals surface area contributed by atoms with Crippen molar-refractivity contribution in [2.45, 2.75) is 43.5 Å². The van der Waals surface area contributed by atoms with Crippen LogP contribution < -0.4 is 0 Å². The first-order chi connectivity index (χ1) is 8.59. The molecule has 1 aromatic rings. The van der Waals surface area contributed by atoms with Crippen molar-refractivity contribution in [3.63, 3.8) is 0 Å². The van der Waals surface area contributed by atoms with E-state index in [9.17, 15) is 4.79 Å². The van der Waals surface area contributed by atoms with Gasteiger partial charge in [-0.3, -0.25) is 4.79 Å². The number of amides is 1. The van der Waals surface area contributed by atoms with Crippen molar-refractivity contribution in [2.75, 3.05) is 6.54 Å². The maximum Gasteiger partial charge on any atom is 0.255 e. The summed E-state index contributed by atoms with van der Waals surface area (Å²) in [6.45, 7) is 2.94. The number of nitrogens with zero attached hydrogens (tertiary/aromatic N) is 1. The van der Waals surface area contributed by atoms with Crippen LogP contribution in [0.4, 0.5) is 0 Å². The van der Waals surface area contributed by atoms with Crippen LogP contribution in [0.15, 0.2) is 23.1 Å². The monoisotopic (exact) mass is 283 g/mol. The van der Waals surface area contributed by atoms with E-state index in [-0.39, 0.29) is 5.91 Å². The van der Waals surface area contributed by atoms with Gasteiger partial charge in [-0.25, -0.2) is 0 Å². The smallest absolute Gasteiger partial charge is 0.255 e. The lowest BCUT2D eigenvalue weighted by Crippen LogP contribution is -2.38. The Morgan fingerprint density at radius 1 is 1.39 bits per heavy atom. The van der Waals surface area contributed by atoms with E-state index in [1.807, 2.05) is 4.90 Å². The van der Waals surface area contributed by atoms with Gasteiger partial charge in [0, 0.05) is 17.5 Å². The molecule has 1 heterocycles. The Morgan fingerprint density at radius 2 is 2.17 bits per heavy atom. The van der Waals surface area contributed by atoms with E-state index in [1.54, 1.807) is 18.2 Å². The first-order valence-corrected chi connectivity index (χ1v) is 7.21. The fraction of sp³-hybridized carbons (Fsp3) is 0.500. The molecule has 1 fully saturated rings. The van der Waals surface area contributed by atoms with Gasteiger partial charge >= 0.3 is 0 Å². The summed E-state index contributed by atoms with van der Waals surface area (Å²) in [5.74, 6) is 0.0327. The molecule has 0 aliphatic carbocycles. The van der Waals surface area contributed by atoms with Crippen LogP contribution in [0, 0.1) is 0 Å². The van der Waals surface area contributed by atoms with E-state index in [0.717, 1.165) is 24.3 Å². The van der Waals surface area contributed by atoms with Gasteiger partial charge in [0.25, 0.3) is 5.91 Å². The van der Waals surface area contributed by atoms with Crippen LogP contribution in [0.2, 0.25) is 5.02 Å². The molecule has 2 rings (SSSR count). The Morgan fingerprint density at radius 3 is 2.94 bits per heavy atom. The second kappa shape index (κ2) is 5.98. The van der Waals surface area contributed by atoms with Gasteiger partial charge in [-0.1, -0.05) is 24.4 Å². The molecular formula is C14H18ClNOS. The maximum absolute atomic E-state index is 12.5. The van der Waals surface area contributed by atoms with E-state index in [1.165, 1.54) is 12.8 Å². The summed E-state index contributed by atoms with van der Waals surface area (Å²) in [5.41, 5.74) is 0.568. The normalized spacial score (nSPS) is 20.6. The largest absolute Gasteiger partial charge is 0.336 e. The summed E-state index contributed by atoms with van der Waals surface area (Å²) in [6, 6.07) is 5.58. The Bertz CT molecular complexity index is 449. The third kappa shape index (κ3) is 3.01. The van der Waals surface area contributed by atoms with E-state index >= 15 is 0 Å². The highest BCUT2D eigenvalue weighted by molar-refractivity contribution is 7.80. The fourth-order valence-corrected chi connectivity index (χ4v) is 2.81. The summed E-state index contributed by atoms with van der Waals surface area (Å²) < 4.78 is 0. The number of halogens is 1. The van der Waals surface area contributed by atoms with E-state index < -0.39 is 0 Å². The van der Waals surface area contributed by atoms with Crippen molar-refractivity contribution in [3.05, 3.63) is 28.8 Å².